The Labute approximate surface area is 235 Å². The number of ether oxygens (including phenoxy) is 1. The number of allylic oxidation sites excluding steroid dienone is 2. The molecule has 0 saturated carbocycles. The van der Waals surface area contributed by atoms with Crippen molar-refractivity contribution in [1.82, 2.24) is 0 Å². The second-order valence-corrected chi connectivity index (χ2v) is 10.2. The van der Waals surface area contributed by atoms with Crippen LogP contribution in [0, 0.1) is 11.8 Å². The van der Waals surface area contributed by atoms with Crippen LogP contribution in [0.15, 0.2) is 84.4 Å². The Balaban J connectivity index is 1.24. The van der Waals surface area contributed by atoms with Crippen molar-refractivity contribution in [3.8, 4) is 0 Å². The fraction of sp³-hybridized carbons (Fsp3) is 0.194. The molecule has 2 atom stereocenters. The predicted octanol–water partition coefficient (Wildman–Crippen LogP) is 5.48. The lowest BCUT2D eigenvalue weighted by Crippen LogP contribution is -2.33. The molecule has 3 aromatic carbocycles. The normalized spacial score (nSPS) is 18.1. The van der Waals surface area contributed by atoms with Gasteiger partial charge in [-0.15, -0.1) is 0 Å². The third kappa shape index (κ3) is 5.44. The number of amides is 3. The third-order valence-electron chi connectivity index (χ3n) is 7.09. The number of halogens is 1. The molecule has 5 rings (SSSR count). The highest BCUT2D eigenvalue weighted by Gasteiger charge is 2.49. The van der Waals surface area contributed by atoms with Gasteiger partial charge in [0.2, 0.25) is 11.8 Å². The number of rotatable bonds is 7. The molecule has 202 valence electrons. The number of benzene rings is 3. The van der Waals surface area contributed by atoms with Crippen molar-refractivity contribution in [3.05, 3.63) is 106 Å². The van der Waals surface area contributed by atoms with Gasteiger partial charge >= 0.3 is 5.97 Å². The van der Waals surface area contributed by atoms with Crippen molar-refractivity contribution < 1.29 is 28.7 Å². The van der Waals surface area contributed by atoms with Gasteiger partial charge in [-0.05, 0) is 80.4 Å². The molecule has 9 heteroatoms. The molecule has 0 bridgehead atoms. The van der Waals surface area contributed by atoms with E-state index >= 15 is 0 Å². The van der Waals surface area contributed by atoms with E-state index in [4.69, 9.17) is 16.3 Å². The molecule has 40 heavy (non-hydrogen) atoms. The van der Waals surface area contributed by atoms with Crippen LogP contribution >= 0.6 is 11.6 Å². The van der Waals surface area contributed by atoms with Crippen molar-refractivity contribution in [1.29, 1.82) is 0 Å². The molecule has 3 amide bonds. The van der Waals surface area contributed by atoms with Crippen LogP contribution in [0.25, 0.3) is 0 Å². The van der Waals surface area contributed by atoms with E-state index in [1.807, 2.05) is 13.0 Å². The number of ketones is 1. The van der Waals surface area contributed by atoms with Gasteiger partial charge in [0.15, 0.2) is 12.4 Å². The Morgan fingerprint density at radius 1 is 0.900 bits per heavy atom. The van der Waals surface area contributed by atoms with Crippen molar-refractivity contribution in [3.63, 3.8) is 0 Å². The van der Waals surface area contributed by atoms with Crippen LogP contribution in [0.3, 0.4) is 0 Å². The molecule has 0 unspecified atom stereocenters. The number of hydrogen-bond donors (Lipinski definition) is 1. The summed E-state index contributed by atoms with van der Waals surface area (Å²) >= 11 is 5.83. The van der Waals surface area contributed by atoms with E-state index in [1.165, 1.54) is 24.3 Å². The minimum atomic E-state index is -0.692. The number of nitrogens with one attached hydrogen (secondary N) is 1. The average Bonchev–Trinajstić information content (AvgIpc) is 3.20. The van der Waals surface area contributed by atoms with Gasteiger partial charge in [0.25, 0.3) is 5.91 Å². The number of carbonyl (C=O) groups excluding carboxylic acids is 5. The van der Waals surface area contributed by atoms with Crippen LogP contribution < -0.4 is 10.2 Å². The Kier molecular flexibility index (Phi) is 7.62. The highest BCUT2D eigenvalue weighted by atomic mass is 35.5. The van der Waals surface area contributed by atoms with Crippen LogP contribution in [-0.4, -0.2) is 36.1 Å². The average molecular weight is 557 g/mol. The maximum Gasteiger partial charge on any atom is 0.338 e. The maximum absolute atomic E-state index is 13.2. The second-order valence-electron chi connectivity index (χ2n) is 9.77. The Morgan fingerprint density at radius 3 is 2.27 bits per heavy atom. The largest absolute Gasteiger partial charge is 0.454 e. The predicted molar refractivity (Wildman–Crippen MR) is 149 cm³/mol. The number of anilines is 2. The van der Waals surface area contributed by atoms with Crippen molar-refractivity contribution in [2.24, 2.45) is 11.8 Å². The smallest absolute Gasteiger partial charge is 0.338 e. The summed E-state index contributed by atoms with van der Waals surface area (Å²) in [6.07, 6.45) is 3.03. The number of esters is 1. The fourth-order valence-corrected chi connectivity index (χ4v) is 5.08. The summed E-state index contributed by atoms with van der Waals surface area (Å²) in [7, 11) is 0. The summed E-state index contributed by atoms with van der Waals surface area (Å²) in [4.78, 5) is 65.4. The minimum Gasteiger partial charge on any atom is -0.454 e. The molecular formula is C31H25ClN2O6. The number of para-hydroxylation sites is 1. The molecule has 1 N–H and O–H groups in total. The lowest BCUT2D eigenvalue weighted by molar-refractivity contribution is -0.122. The van der Waals surface area contributed by atoms with E-state index in [0.717, 1.165) is 10.5 Å². The van der Waals surface area contributed by atoms with E-state index in [0.29, 0.717) is 29.1 Å². The molecule has 8 nitrogen and oxygen atoms in total. The monoisotopic (exact) mass is 556 g/mol. The topological polar surface area (TPSA) is 110 Å². The molecule has 2 aliphatic rings. The zero-order valence-electron chi connectivity index (χ0n) is 21.6. The van der Waals surface area contributed by atoms with Gasteiger partial charge in [-0.3, -0.25) is 19.2 Å². The van der Waals surface area contributed by atoms with Crippen LogP contribution in [0.4, 0.5) is 11.4 Å². The van der Waals surface area contributed by atoms with Crippen LogP contribution in [-0.2, 0) is 14.3 Å². The summed E-state index contributed by atoms with van der Waals surface area (Å²) < 4.78 is 5.12. The standard InChI is InChI=1S/C31H25ClN2O6/c1-18-6-15-23-25(16-18)30(38)34(29(23)37)26-5-3-2-4-24(26)28(36)33-22-13-9-20(10-14-22)31(39)40-17-27(35)19-7-11-21(32)12-8-19/h2-14,23,25H,15-17H2,1H3,(H,33,36)/t23-,25+/m0/s1. The zero-order chi connectivity index (χ0) is 28.4. The molecule has 0 radical (unpaired) electrons. The SMILES string of the molecule is CC1=CC[C@@H]2C(=O)N(c3ccccc3C(=O)Nc3ccc(C(=O)OCC(=O)c4ccc(Cl)cc4)cc3)C(=O)[C@@H]2C1. The van der Waals surface area contributed by atoms with Crippen molar-refractivity contribution in [2.75, 3.05) is 16.8 Å². The van der Waals surface area contributed by atoms with Crippen molar-refractivity contribution in [2.45, 2.75) is 19.8 Å². The number of imide groups is 1. The van der Waals surface area contributed by atoms with E-state index in [-0.39, 0.29) is 34.4 Å². The molecule has 0 spiro atoms. The van der Waals surface area contributed by atoms with Crippen LogP contribution in [0.2, 0.25) is 5.02 Å². The van der Waals surface area contributed by atoms with Gasteiger partial charge in [-0.2, -0.15) is 0 Å². The van der Waals surface area contributed by atoms with Gasteiger partial charge in [-0.25, -0.2) is 9.69 Å². The summed E-state index contributed by atoms with van der Waals surface area (Å²) in [6.45, 7) is 1.52. The third-order valence-corrected chi connectivity index (χ3v) is 7.34. The number of Topliss-reactive ketones (excluding diaryl/α,β-unsaturated/α-hetero) is 1. The van der Waals surface area contributed by atoms with Gasteiger partial charge in [0.05, 0.1) is 28.7 Å². The number of carbonyl (C=O) groups is 5. The first-order valence-corrected chi connectivity index (χ1v) is 13.1. The van der Waals surface area contributed by atoms with Crippen molar-refractivity contribution >= 4 is 52.4 Å². The van der Waals surface area contributed by atoms with Crippen LogP contribution in [0.1, 0.15) is 50.8 Å². The van der Waals surface area contributed by atoms with Gasteiger partial charge in [0, 0.05) is 16.3 Å². The highest BCUT2D eigenvalue weighted by Crippen LogP contribution is 2.40. The van der Waals surface area contributed by atoms with Gasteiger partial charge < -0.3 is 10.1 Å². The van der Waals surface area contributed by atoms with Crippen LogP contribution in [0.5, 0.6) is 0 Å². The van der Waals surface area contributed by atoms with E-state index < -0.39 is 30.3 Å². The first-order chi connectivity index (χ1) is 19.2. The molecule has 1 saturated heterocycles. The Hall–Kier alpha value is -4.56. The molecule has 1 aliphatic carbocycles. The highest BCUT2D eigenvalue weighted by molar-refractivity contribution is 6.30. The number of hydrogen-bond acceptors (Lipinski definition) is 6. The molecular weight excluding hydrogens is 532 g/mol. The molecule has 3 aromatic rings. The Morgan fingerprint density at radius 2 is 1.55 bits per heavy atom. The lowest BCUT2D eigenvalue weighted by Gasteiger charge is -2.19. The first-order valence-electron chi connectivity index (χ1n) is 12.7. The lowest BCUT2D eigenvalue weighted by atomic mass is 9.82. The van der Waals surface area contributed by atoms with Gasteiger partial charge in [-0.1, -0.05) is 35.4 Å². The Bertz CT molecular complexity index is 1540. The molecule has 0 aromatic heterocycles. The second kappa shape index (κ2) is 11.3. The zero-order valence-corrected chi connectivity index (χ0v) is 22.3. The fourth-order valence-electron chi connectivity index (χ4n) is 4.96. The first kappa shape index (κ1) is 27.0. The van der Waals surface area contributed by atoms with Gasteiger partial charge in [0.1, 0.15) is 0 Å². The van der Waals surface area contributed by atoms with E-state index in [2.05, 4.69) is 5.32 Å². The molecule has 1 aliphatic heterocycles. The summed E-state index contributed by atoms with van der Waals surface area (Å²) in [5, 5.41) is 3.24. The summed E-state index contributed by atoms with van der Waals surface area (Å²) in [5.74, 6) is -2.99. The summed E-state index contributed by atoms with van der Waals surface area (Å²) in [5.41, 5.74) is 2.46. The number of nitrogens with zero attached hydrogens (tertiary/aromatic N) is 1. The maximum atomic E-state index is 13.2. The minimum absolute atomic E-state index is 0.178. The quantitative estimate of drug-likeness (QED) is 0.179. The summed E-state index contributed by atoms with van der Waals surface area (Å²) in [6, 6.07) is 18.7. The van der Waals surface area contributed by atoms with E-state index in [1.54, 1.807) is 48.5 Å². The van der Waals surface area contributed by atoms with E-state index in [9.17, 15) is 24.0 Å². The molecule has 1 fully saturated rings. The molecule has 1 heterocycles. The number of fused-ring (bicyclic) bond motifs is 1.